The smallest absolute Gasteiger partial charge is 0.390 e. The second kappa shape index (κ2) is 13.0. The molecule has 1 aliphatic heterocycles. The number of alkyl halides is 3. The average molecular weight is 593 g/mol. The lowest BCUT2D eigenvalue weighted by molar-refractivity contribution is -0.137. The van der Waals surface area contributed by atoms with E-state index in [1.807, 2.05) is 54.1 Å². The van der Waals surface area contributed by atoms with Gasteiger partial charge in [0.1, 0.15) is 0 Å². The van der Waals surface area contributed by atoms with E-state index in [0.29, 0.717) is 42.7 Å². The quantitative estimate of drug-likeness (QED) is 0.221. The van der Waals surface area contributed by atoms with Crippen molar-refractivity contribution in [1.82, 2.24) is 15.2 Å². The van der Waals surface area contributed by atoms with E-state index < -0.39 is 29.8 Å². The Balaban J connectivity index is 1.36. The van der Waals surface area contributed by atoms with Crippen LogP contribution in [0.2, 0.25) is 0 Å². The molecule has 3 aromatic carbocycles. The highest BCUT2D eigenvalue weighted by Crippen LogP contribution is 2.33. The molecule has 2 amide bonds. The maximum Gasteiger partial charge on any atom is 0.416 e. The Morgan fingerprint density at radius 3 is 2.49 bits per heavy atom. The fourth-order valence-corrected chi connectivity index (χ4v) is 5.58. The fourth-order valence-electron chi connectivity index (χ4n) is 5.58. The number of anilines is 1. The zero-order valence-corrected chi connectivity index (χ0v) is 23.9. The number of nitrogens with one attached hydrogen (secondary N) is 2. The van der Waals surface area contributed by atoms with Crippen LogP contribution in [0.15, 0.2) is 79.0 Å². The molecule has 0 aliphatic carbocycles. The molecule has 0 spiro atoms. The van der Waals surface area contributed by atoms with Crippen molar-refractivity contribution in [2.45, 2.75) is 57.6 Å². The molecule has 0 unspecified atom stereocenters. The van der Waals surface area contributed by atoms with Gasteiger partial charge in [0, 0.05) is 49.7 Å². The van der Waals surface area contributed by atoms with E-state index in [9.17, 15) is 27.9 Å². The first-order valence-corrected chi connectivity index (χ1v) is 14.5. The number of hydrogen-bond donors (Lipinski definition) is 3. The van der Waals surface area contributed by atoms with Gasteiger partial charge in [-0.25, -0.2) is 0 Å². The Hall–Kier alpha value is -4.15. The molecule has 10 heteroatoms. The Labute approximate surface area is 248 Å². The first-order chi connectivity index (χ1) is 20.6. The molecule has 2 atom stereocenters. The number of aromatic nitrogens is 1. The number of aryl methyl sites for hydroxylation is 1. The highest BCUT2D eigenvalue weighted by Gasteiger charge is 2.30. The minimum absolute atomic E-state index is 0.0207. The number of amides is 2. The summed E-state index contributed by atoms with van der Waals surface area (Å²) in [5.41, 5.74) is 2.51. The zero-order valence-electron chi connectivity index (χ0n) is 23.9. The highest BCUT2D eigenvalue weighted by molar-refractivity contribution is 6.08. The van der Waals surface area contributed by atoms with Crippen LogP contribution in [0.1, 0.15) is 46.8 Å². The van der Waals surface area contributed by atoms with Crippen molar-refractivity contribution < 1.29 is 27.9 Å². The van der Waals surface area contributed by atoms with Crippen molar-refractivity contribution >= 4 is 28.4 Å². The number of aliphatic hydroxyl groups is 1. The molecule has 3 N–H and O–H groups in total. The molecule has 226 valence electrons. The van der Waals surface area contributed by atoms with Crippen LogP contribution >= 0.6 is 0 Å². The molecule has 1 fully saturated rings. The van der Waals surface area contributed by atoms with Gasteiger partial charge in [-0.05, 0) is 55.2 Å². The van der Waals surface area contributed by atoms with E-state index in [1.165, 1.54) is 6.07 Å². The molecule has 0 bridgehead atoms. The SMILES string of the molecule is CCn1ccc2c(N3CCCC3=O)cc(C(=O)N[C@@H](Cc3ccccc3)[C@H](O)CNCc3cccc(C(F)(F)F)c3)cc21. The van der Waals surface area contributed by atoms with E-state index in [-0.39, 0.29) is 19.0 Å². The number of hydrogen-bond acceptors (Lipinski definition) is 4. The van der Waals surface area contributed by atoms with Crippen LogP contribution in [0.3, 0.4) is 0 Å². The predicted molar refractivity (Wildman–Crippen MR) is 160 cm³/mol. The van der Waals surface area contributed by atoms with Crippen molar-refractivity contribution in [3.05, 3.63) is 101 Å². The van der Waals surface area contributed by atoms with Gasteiger partial charge < -0.3 is 25.2 Å². The summed E-state index contributed by atoms with van der Waals surface area (Å²) in [5, 5.41) is 18.1. The van der Waals surface area contributed by atoms with Crippen LogP contribution in [0.4, 0.5) is 18.9 Å². The lowest BCUT2D eigenvalue weighted by Crippen LogP contribution is -2.48. The number of benzene rings is 3. The van der Waals surface area contributed by atoms with Crippen LogP contribution in [0.25, 0.3) is 10.9 Å². The Morgan fingerprint density at radius 2 is 1.79 bits per heavy atom. The van der Waals surface area contributed by atoms with Gasteiger partial charge in [-0.15, -0.1) is 0 Å². The molecular formula is C33H35F3N4O3. The number of carbonyl (C=O) groups is 2. The topological polar surface area (TPSA) is 86.6 Å². The third-order valence-corrected chi connectivity index (χ3v) is 7.85. The van der Waals surface area contributed by atoms with Gasteiger partial charge in [0.05, 0.1) is 28.9 Å². The Bertz CT molecular complexity index is 1590. The van der Waals surface area contributed by atoms with Crippen molar-refractivity contribution in [2.24, 2.45) is 0 Å². The maximum atomic E-state index is 13.7. The van der Waals surface area contributed by atoms with Gasteiger partial charge in [0.25, 0.3) is 5.91 Å². The highest BCUT2D eigenvalue weighted by atomic mass is 19.4. The van der Waals surface area contributed by atoms with Crippen LogP contribution in [0, 0.1) is 0 Å². The summed E-state index contributed by atoms with van der Waals surface area (Å²) in [6.07, 6.45) is -1.99. The maximum absolute atomic E-state index is 13.7. The Morgan fingerprint density at radius 1 is 1.02 bits per heavy atom. The monoisotopic (exact) mass is 592 g/mol. The van der Waals surface area contributed by atoms with Crippen LogP contribution in [-0.4, -0.2) is 46.7 Å². The normalized spacial score (nSPS) is 15.2. The zero-order chi connectivity index (χ0) is 30.6. The van der Waals surface area contributed by atoms with Crippen molar-refractivity contribution in [3.63, 3.8) is 0 Å². The summed E-state index contributed by atoms with van der Waals surface area (Å²) in [5.74, 6) is -0.371. The molecule has 2 heterocycles. The minimum atomic E-state index is -4.44. The first-order valence-electron chi connectivity index (χ1n) is 14.5. The molecule has 0 saturated carbocycles. The molecule has 1 aromatic heterocycles. The third-order valence-electron chi connectivity index (χ3n) is 7.85. The van der Waals surface area contributed by atoms with Crippen LogP contribution in [-0.2, 0) is 30.5 Å². The van der Waals surface area contributed by atoms with E-state index in [0.717, 1.165) is 35.0 Å². The van der Waals surface area contributed by atoms with Crippen molar-refractivity contribution in [2.75, 3.05) is 18.0 Å². The summed E-state index contributed by atoms with van der Waals surface area (Å²) in [7, 11) is 0. The van der Waals surface area contributed by atoms with E-state index in [4.69, 9.17) is 0 Å². The van der Waals surface area contributed by atoms with Gasteiger partial charge in [0.2, 0.25) is 5.91 Å². The van der Waals surface area contributed by atoms with Crippen molar-refractivity contribution in [3.8, 4) is 0 Å². The van der Waals surface area contributed by atoms with Gasteiger partial charge in [-0.3, -0.25) is 9.59 Å². The van der Waals surface area contributed by atoms with Gasteiger partial charge >= 0.3 is 6.18 Å². The molecule has 5 rings (SSSR count). The average Bonchev–Trinajstić information content (AvgIpc) is 3.62. The summed E-state index contributed by atoms with van der Waals surface area (Å²) >= 11 is 0. The number of nitrogens with zero attached hydrogens (tertiary/aromatic N) is 2. The predicted octanol–water partition coefficient (Wildman–Crippen LogP) is 5.30. The van der Waals surface area contributed by atoms with Crippen LogP contribution < -0.4 is 15.5 Å². The fraction of sp³-hybridized carbons (Fsp3) is 0.333. The van der Waals surface area contributed by atoms with Gasteiger partial charge in [-0.2, -0.15) is 13.2 Å². The van der Waals surface area contributed by atoms with Gasteiger partial charge in [-0.1, -0.05) is 48.5 Å². The van der Waals surface area contributed by atoms with Crippen molar-refractivity contribution in [1.29, 1.82) is 0 Å². The summed E-state index contributed by atoms with van der Waals surface area (Å²) < 4.78 is 41.4. The molecular weight excluding hydrogens is 557 g/mol. The summed E-state index contributed by atoms with van der Waals surface area (Å²) in [6, 6.07) is 19.3. The molecule has 1 saturated heterocycles. The Kier molecular flexibility index (Phi) is 9.17. The molecule has 0 radical (unpaired) electrons. The molecule has 4 aromatic rings. The number of fused-ring (bicyclic) bond motifs is 1. The van der Waals surface area contributed by atoms with E-state index in [2.05, 4.69) is 10.6 Å². The lowest BCUT2D eigenvalue weighted by atomic mass is 10.00. The number of rotatable bonds is 11. The minimum Gasteiger partial charge on any atom is -0.390 e. The second-order valence-corrected chi connectivity index (χ2v) is 10.8. The first kappa shape index (κ1) is 30.3. The summed E-state index contributed by atoms with van der Waals surface area (Å²) in [6.45, 7) is 3.44. The lowest BCUT2D eigenvalue weighted by Gasteiger charge is -2.25. The summed E-state index contributed by atoms with van der Waals surface area (Å²) in [4.78, 5) is 28.1. The number of halogens is 3. The number of aliphatic hydroxyl groups excluding tert-OH is 1. The van der Waals surface area contributed by atoms with Crippen LogP contribution in [0.5, 0.6) is 0 Å². The van der Waals surface area contributed by atoms with Gasteiger partial charge in [0.15, 0.2) is 0 Å². The van der Waals surface area contributed by atoms with E-state index in [1.54, 1.807) is 23.1 Å². The third kappa shape index (κ3) is 7.09. The largest absolute Gasteiger partial charge is 0.416 e. The second-order valence-electron chi connectivity index (χ2n) is 10.8. The standard InChI is InChI=1S/C33H35F3N4O3/c1-2-39-15-13-26-28(39)18-24(19-29(26)40-14-7-12-31(40)42)32(43)38-27(17-22-8-4-3-5-9-22)30(41)21-37-20-23-10-6-11-25(16-23)33(34,35)36/h3-6,8-11,13,15-16,18-19,27,30,37,41H,2,7,12,14,17,20-21H2,1H3,(H,38,43)/t27-,30+/m0/s1. The molecule has 1 aliphatic rings. The molecule has 7 nitrogen and oxygen atoms in total. The molecule has 43 heavy (non-hydrogen) atoms. The number of carbonyl (C=O) groups excluding carboxylic acids is 2. The van der Waals surface area contributed by atoms with E-state index >= 15 is 0 Å².